The topological polar surface area (TPSA) is 58.6 Å². The molecule has 0 radical (unpaired) electrons. The van der Waals surface area contributed by atoms with Gasteiger partial charge in [-0.1, -0.05) is 6.92 Å². The molecule has 2 aliphatic heterocycles. The number of amides is 2. The minimum atomic E-state index is -0.374. The molecular formula is C13H22N2O3. The Morgan fingerprint density at radius 3 is 2.50 bits per heavy atom. The van der Waals surface area contributed by atoms with Gasteiger partial charge in [0.15, 0.2) is 0 Å². The van der Waals surface area contributed by atoms with Crippen molar-refractivity contribution in [1.29, 1.82) is 0 Å². The van der Waals surface area contributed by atoms with Crippen LogP contribution in [-0.4, -0.2) is 48.1 Å². The van der Waals surface area contributed by atoms with Gasteiger partial charge in [0.05, 0.1) is 18.1 Å². The number of piperazine rings is 1. The summed E-state index contributed by atoms with van der Waals surface area (Å²) in [5.74, 6) is 0.0570. The van der Waals surface area contributed by atoms with Gasteiger partial charge in [0.25, 0.3) is 0 Å². The van der Waals surface area contributed by atoms with E-state index < -0.39 is 0 Å². The molecule has 2 heterocycles. The third-order valence-electron chi connectivity index (χ3n) is 4.31. The summed E-state index contributed by atoms with van der Waals surface area (Å²) < 4.78 is 5.71. The highest BCUT2D eigenvalue weighted by Gasteiger charge is 2.45. The first-order valence-electron chi connectivity index (χ1n) is 6.67. The van der Waals surface area contributed by atoms with Gasteiger partial charge < -0.3 is 15.0 Å². The molecule has 0 aromatic carbocycles. The molecule has 0 spiro atoms. The van der Waals surface area contributed by atoms with Crippen molar-refractivity contribution in [2.45, 2.75) is 45.9 Å². The Hall–Kier alpha value is -1.10. The predicted molar refractivity (Wildman–Crippen MR) is 66.8 cm³/mol. The number of hydrogen-bond acceptors (Lipinski definition) is 3. The van der Waals surface area contributed by atoms with Crippen LogP contribution in [0, 0.1) is 11.8 Å². The lowest BCUT2D eigenvalue weighted by Crippen LogP contribution is -2.58. The van der Waals surface area contributed by atoms with Crippen molar-refractivity contribution in [3.05, 3.63) is 0 Å². The largest absolute Gasteiger partial charge is 0.374 e. The maximum Gasteiger partial charge on any atom is 0.242 e. The summed E-state index contributed by atoms with van der Waals surface area (Å²) in [6, 6.07) is -0.374. The SMILES string of the molecule is CC1OC(C)C(C(=O)N2CCNC(=O)C2C)C1C. The molecule has 18 heavy (non-hydrogen) atoms. The van der Waals surface area contributed by atoms with Crippen LogP contribution >= 0.6 is 0 Å². The molecule has 2 aliphatic rings. The van der Waals surface area contributed by atoms with Crippen LogP contribution in [0.1, 0.15) is 27.7 Å². The minimum Gasteiger partial charge on any atom is -0.374 e. The third kappa shape index (κ3) is 2.11. The average Bonchev–Trinajstić information content (AvgIpc) is 2.56. The van der Waals surface area contributed by atoms with E-state index in [4.69, 9.17) is 4.74 Å². The third-order valence-corrected chi connectivity index (χ3v) is 4.31. The number of rotatable bonds is 1. The van der Waals surface area contributed by atoms with E-state index in [1.165, 1.54) is 0 Å². The van der Waals surface area contributed by atoms with Crippen LogP contribution in [-0.2, 0) is 14.3 Å². The second kappa shape index (κ2) is 4.88. The lowest BCUT2D eigenvalue weighted by molar-refractivity contribution is -0.147. The van der Waals surface area contributed by atoms with E-state index in [0.717, 1.165) is 0 Å². The first-order chi connectivity index (χ1) is 8.43. The standard InChI is InChI=1S/C13H22N2O3/c1-7-9(3)18-10(4)11(7)13(17)15-6-5-14-12(16)8(15)2/h7-11H,5-6H2,1-4H3,(H,14,16). The Kier molecular flexibility index (Phi) is 3.61. The normalized spacial score (nSPS) is 40.8. The summed E-state index contributed by atoms with van der Waals surface area (Å²) in [4.78, 5) is 25.9. The molecule has 0 bridgehead atoms. The van der Waals surface area contributed by atoms with Crippen LogP contribution in [0.2, 0.25) is 0 Å². The Balaban J connectivity index is 2.13. The van der Waals surface area contributed by atoms with Gasteiger partial charge in [0, 0.05) is 13.1 Å². The Labute approximate surface area is 108 Å². The number of nitrogens with zero attached hydrogens (tertiary/aromatic N) is 1. The molecule has 0 saturated carbocycles. The van der Waals surface area contributed by atoms with Crippen molar-refractivity contribution < 1.29 is 14.3 Å². The van der Waals surface area contributed by atoms with Crippen molar-refractivity contribution >= 4 is 11.8 Å². The Morgan fingerprint density at radius 2 is 1.94 bits per heavy atom. The molecule has 0 aromatic heterocycles. The molecular weight excluding hydrogens is 232 g/mol. The molecule has 1 N–H and O–H groups in total. The van der Waals surface area contributed by atoms with Gasteiger partial charge in [0.2, 0.25) is 11.8 Å². The van der Waals surface area contributed by atoms with Crippen LogP contribution in [0.4, 0.5) is 0 Å². The number of carbonyl (C=O) groups is 2. The van der Waals surface area contributed by atoms with Crippen molar-refractivity contribution in [1.82, 2.24) is 10.2 Å². The fourth-order valence-electron chi connectivity index (χ4n) is 2.97. The van der Waals surface area contributed by atoms with Crippen molar-refractivity contribution in [2.75, 3.05) is 13.1 Å². The highest BCUT2D eigenvalue weighted by Crippen LogP contribution is 2.34. The molecule has 102 valence electrons. The molecule has 2 amide bonds. The summed E-state index contributed by atoms with van der Waals surface area (Å²) in [6.45, 7) is 8.90. The molecule has 2 rings (SSSR count). The Morgan fingerprint density at radius 1 is 1.28 bits per heavy atom. The molecule has 5 unspecified atom stereocenters. The predicted octanol–water partition coefficient (Wildman–Crippen LogP) is 0.393. The smallest absolute Gasteiger partial charge is 0.242 e. The van der Waals surface area contributed by atoms with E-state index >= 15 is 0 Å². The average molecular weight is 254 g/mol. The molecule has 2 saturated heterocycles. The molecule has 5 atom stereocenters. The summed E-state index contributed by atoms with van der Waals surface area (Å²) >= 11 is 0. The van der Waals surface area contributed by atoms with Gasteiger partial charge >= 0.3 is 0 Å². The van der Waals surface area contributed by atoms with Gasteiger partial charge in [-0.05, 0) is 26.7 Å². The summed E-state index contributed by atoms with van der Waals surface area (Å²) in [5, 5.41) is 2.77. The van der Waals surface area contributed by atoms with Gasteiger partial charge in [-0.15, -0.1) is 0 Å². The quantitative estimate of drug-likeness (QED) is 0.736. The van der Waals surface area contributed by atoms with E-state index in [9.17, 15) is 9.59 Å². The second-order valence-electron chi connectivity index (χ2n) is 5.43. The zero-order valence-electron chi connectivity index (χ0n) is 11.5. The zero-order valence-corrected chi connectivity index (χ0v) is 11.5. The number of nitrogens with one attached hydrogen (secondary N) is 1. The highest BCUT2D eigenvalue weighted by molar-refractivity contribution is 5.89. The van der Waals surface area contributed by atoms with Gasteiger partial charge in [-0.3, -0.25) is 9.59 Å². The fourth-order valence-corrected chi connectivity index (χ4v) is 2.97. The second-order valence-corrected chi connectivity index (χ2v) is 5.43. The number of hydrogen-bond donors (Lipinski definition) is 1. The van der Waals surface area contributed by atoms with E-state index in [-0.39, 0.29) is 41.9 Å². The lowest BCUT2D eigenvalue weighted by Gasteiger charge is -2.35. The Bertz CT molecular complexity index is 358. The van der Waals surface area contributed by atoms with Gasteiger partial charge in [0.1, 0.15) is 6.04 Å². The number of ether oxygens (including phenoxy) is 1. The lowest BCUT2D eigenvalue weighted by atomic mass is 9.88. The van der Waals surface area contributed by atoms with Crippen molar-refractivity contribution in [3.8, 4) is 0 Å². The van der Waals surface area contributed by atoms with Crippen LogP contribution in [0.15, 0.2) is 0 Å². The molecule has 5 nitrogen and oxygen atoms in total. The van der Waals surface area contributed by atoms with Crippen LogP contribution in [0.5, 0.6) is 0 Å². The summed E-state index contributed by atoms with van der Waals surface area (Å²) in [7, 11) is 0. The summed E-state index contributed by atoms with van der Waals surface area (Å²) in [6.07, 6.45) is 0.0301. The first-order valence-corrected chi connectivity index (χ1v) is 6.67. The van der Waals surface area contributed by atoms with Gasteiger partial charge in [-0.25, -0.2) is 0 Å². The summed E-state index contributed by atoms with van der Waals surface area (Å²) in [5.41, 5.74) is 0. The monoisotopic (exact) mass is 254 g/mol. The van der Waals surface area contributed by atoms with Crippen molar-refractivity contribution in [3.63, 3.8) is 0 Å². The van der Waals surface area contributed by atoms with Crippen LogP contribution in [0.25, 0.3) is 0 Å². The van der Waals surface area contributed by atoms with Crippen molar-refractivity contribution in [2.24, 2.45) is 11.8 Å². The van der Waals surface area contributed by atoms with E-state index in [1.54, 1.807) is 11.8 Å². The molecule has 5 heteroatoms. The zero-order chi connectivity index (χ0) is 13.4. The molecule has 0 aliphatic carbocycles. The van der Waals surface area contributed by atoms with Crippen LogP contribution in [0.3, 0.4) is 0 Å². The van der Waals surface area contributed by atoms with Crippen LogP contribution < -0.4 is 5.32 Å². The van der Waals surface area contributed by atoms with E-state index in [2.05, 4.69) is 5.32 Å². The molecule has 2 fully saturated rings. The number of carbonyl (C=O) groups excluding carboxylic acids is 2. The van der Waals surface area contributed by atoms with Gasteiger partial charge in [-0.2, -0.15) is 0 Å². The maximum absolute atomic E-state index is 12.6. The minimum absolute atomic E-state index is 0.0571. The molecule has 0 aromatic rings. The maximum atomic E-state index is 12.6. The highest BCUT2D eigenvalue weighted by atomic mass is 16.5. The van der Waals surface area contributed by atoms with E-state index in [0.29, 0.717) is 13.1 Å². The fraction of sp³-hybridized carbons (Fsp3) is 0.846. The first kappa shape index (κ1) is 13.3. The van der Waals surface area contributed by atoms with E-state index in [1.807, 2.05) is 20.8 Å².